The maximum atomic E-state index is 13.5. The number of hydrogen-bond donors (Lipinski definition) is 1. The van der Waals surface area contributed by atoms with Crippen LogP contribution in [0, 0.1) is 11.7 Å². The molecule has 1 fully saturated rings. The molecule has 0 bridgehead atoms. The van der Waals surface area contributed by atoms with Crippen LogP contribution in [0.5, 0.6) is 0 Å². The Hall–Kier alpha value is -0.480. The van der Waals surface area contributed by atoms with E-state index in [-0.39, 0.29) is 5.82 Å². The standard InChI is InChI=1S/C12H16BrFN2/c1-8-6-9(4-5-15-8)7-11-10(14)2-3-12(13)16-11/h2-3,8-9,15H,4-7H2,1H3/t8-,9+/m1/s1. The van der Waals surface area contributed by atoms with E-state index in [0.29, 0.717) is 22.3 Å². The van der Waals surface area contributed by atoms with Crippen molar-refractivity contribution < 1.29 is 4.39 Å². The largest absolute Gasteiger partial charge is 0.314 e. The van der Waals surface area contributed by atoms with Gasteiger partial charge in [0.2, 0.25) is 0 Å². The summed E-state index contributed by atoms with van der Waals surface area (Å²) < 4.78 is 14.2. The molecular formula is C12H16BrFN2. The van der Waals surface area contributed by atoms with Crippen LogP contribution in [0.1, 0.15) is 25.5 Å². The molecule has 1 aromatic heterocycles. The predicted molar refractivity (Wildman–Crippen MR) is 65.8 cm³/mol. The second-order valence-electron chi connectivity index (χ2n) is 4.51. The Morgan fingerprint density at radius 3 is 3.12 bits per heavy atom. The molecule has 0 saturated carbocycles. The van der Waals surface area contributed by atoms with Crippen molar-refractivity contribution >= 4 is 15.9 Å². The molecule has 0 aliphatic carbocycles. The zero-order chi connectivity index (χ0) is 11.5. The third-order valence-corrected chi connectivity index (χ3v) is 3.54. The van der Waals surface area contributed by atoms with E-state index in [2.05, 4.69) is 33.2 Å². The average molecular weight is 287 g/mol. The van der Waals surface area contributed by atoms with Gasteiger partial charge in [-0.3, -0.25) is 0 Å². The van der Waals surface area contributed by atoms with E-state index in [1.54, 1.807) is 6.07 Å². The van der Waals surface area contributed by atoms with Crippen LogP contribution in [-0.4, -0.2) is 17.6 Å². The third kappa shape index (κ3) is 3.01. The molecule has 16 heavy (non-hydrogen) atoms. The van der Waals surface area contributed by atoms with E-state index in [9.17, 15) is 4.39 Å². The summed E-state index contributed by atoms with van der Waals surface area (Å²) in [6, 6.07) is 3.66. The lowest BCUT2D eigenvalue weighted by molar-refractivity contribution is 0.309. The first-order chi connectivity index (χ1) is 7.65. The highest BCUT2D eigenvalue weighted by molar-refractivity contribution is 9.10. The fourth-order valence-electron chi connectivity index (χ4n) is 2.29. The van der Waals surface area contributed by atoms with Gasteiger partial charge in [0.25, 0.3) is 0 Å². The molecule has 0 aromatic carbocycles. The third-order valence-electron chi connectivity index (χ3n) is 3.10. The van der Waals surface area contributed by atoms with Gasteiger partial charge in [-0.15, -0.1) is 0 Å². The molecule has 0 unspecified atom stereocenters. The van der Waals surface area contributed by atoms with Gasteiger partial charge in [0.05, 0.1) is 5.69 Å². The summed E-state index contributed by atoms with van der Waals surface area (Å²) in [5.74, 6) is 0.363. The monoisotopic (exact) mass is 286 g/mol. The minimum atomic E-state index is -0.186. The Balaban J connectivity index is 2.05. The van der Waals surface area contributed by atoms with Gasteiger partial charge in [-0.25, -0.2) is 9.37 Å². The molecule has 1 aromatic rings. The van der Waals surface area contributed by atoms with Crippen molar-refractivity contribution in [1.82, 2.24) is 10.3 Å². The SMILES string of the molecule is C[C@@H]1C[C@@H](Cc2nc(Br)ccc2F)CCN1. The molecule has 1 saturated heterocycles. The zero-order valence-electron chi connectivity index (χ0n) is 9.34. The van der Waals surface area contributed by atoms with Crippen molar-refractivity contribution in [3.63, 3.8) is 0 Å². The highest BCUT2D eigenvalue weighted by Crippen LogP contribution is 2.22. The first-order valence-electron chi connectivity index (χ1n) is 5.69. The fraction of sp³-hybridized carbons (Fsp3) is 0.583. The van der Waals surface area contributed by atoms with Gasteiger partial charge < -0.3 is 5.32 Å². The summed E-state index contributed by atoms with van der Waals surface area (Å²) in [5.41, 5.74) is 0.591. The summed E-state index contributed by atoms with van der Waals surface area (Å²) in [6.07, 6.45) is 2.96. The topological polar surface area (TPSA) is 24.9 Å². The Labute approximate surface area is 104 Å². The summed E-state index contributed by atoms with van der Waals surface area (Å²) in [7, 11) is 0. The van der Waals surface area contributed by atoms with E-state index in [0.717, 1.165) is 25.8 Å². The molecule has 2 heterocycles. The van der Waals surface area contributed by atoms with Crippen LogP contribution < -0.4 is 5.32 Å². The Bertz CT molecular complexity index is 370. The first-order valence-corrected chi connectivity index (χ1v) is 6.48. The van der Waals surface area contributed by atoms with E-state index < -0.39 is 0 Å². The lowest BCUT2D eigenvalue weighted by atomic mass is 9.89. The molecule has 0 amide bonds. The van der Waals surface area contributed by atoms with E-state index in [4.69, 9.17) is 0 Å². The van der Waals surface area contributed by atoms with Crippen molar-refractivity contribution in [2.45, 2.75) is 32.2 Å². The van der Waals surface area contributed by atoms with Gasteiger partial charge in [-0.1, -0.05) is 0 Å². The number of aromatic nitrogens is 1. The second kappa shape index (κ2) is 5.23. The maximum absolute atomic E-state index is 13.5. The molecular weight excluding hydrogens is 271 g/mol. The molecule has 1 aliphatic rings. The molecule has 88 valence electrons. The lowest BCUT2D eigenvalue weighted by Crippen LogP contribution is -2.36. The molecule has 0 spiro atoms. The normalized spacial score (nSPS) is 25.7. The summed E-state index contributed by atoms with van der Waals surface area (Å²) in [5, 5.41) is 3.40. The fourth-order valence-corrected chi connectivity index (χ4v) is 2.64. The van der Waals surface area contributed by atoms with Crippen molar-refractivity contribution in [3.8, 4) is 0 Å². The van der Waals surface area contributed by atoms with E-state index in [1.807, 2.05) is 0 Å². The Kier molecular flexibility index (Phi) is 3.92. The number of halogens is 2. The van der Waals surface area contributed by atoms with Crippen LogP contribution in [0.3, 0.4) is 0 Å². The molecule has 2 nitrogen and oxygen atoms in total. The molecule has 1 aliphatic heterocycles. The Morgan fingerprint density at radius 2 is 2.38 bits per heavy atom. The average Bonchev–Trinajstić information content (AvgIpc) is 2.24. The number of hydrogen-bond acceptors (Lipinski definition) is 2. The van der Waals surface area contributed by atoms with Gasteiger partial charge in [0.1, 0.15) is 10.4 Å². The quantitative estimate of drug-likeness (QED) is 0.846. The minimum absolute atomic E-state index is 0.186. The van der Waals surface area contributed by atoms with Gasteiger partial charge in [-0.05, 0) is 66.7 Å². The van der Waals surface area contributed by atoms with Gasteiger partial charge in [0, 0.05) is 6.04 Å². The summed E-state index contributed by atoms with van der Waals surface area (Å²) >= 11 is 3.28. The summed E-state index contributed by atoms with van der Waals surface area (Å²) in [4.78, 5) is 4.21. The maximum Gasteiger partial charge on any atom is 0.144 e. The highest BCUT2D eigenvalue weighted by atomic mass is 79.9. The first kappa shape index (κ1) is 12.0. The Morgan fingerprint density at radius 1 is 1.56 bits per heavy atom. The smallest absolute Gasteiger partial charge is 0.144 e. The summed E-state index contributed by atoms with van der Waals surface area (Å²) in [6.45, 7) is 3.21. The van der Waals surface area contributed by atoms with Crippen molar-refractivity contribution in [2.75, 3.05) is 6.54 Å². The van der Waals surface area contributed by atoms with Crippen molar-refractivity contribution in [1.29, 1.82) is 0 Å². The number of piperidine rings is 1. The minimum Gasteiger partial charge on any atom is -0.314 e. The van der Waals surface area contributed by atoms with Gasteiger partial charge in [-0.2, -0.15) is 0 Å². The molecule has 2 atom stereocenters. The van der Waals surface area contributed by atoms with Crippen LogP contribution in [0.25, 0.3) is 0 Å². The van der Waals surface area contributed by atoms with E-state index in [1.165, 1.54) is 6.07 Å². The molecule has 1 N–H and O–H groups in total. The second-order valence-corrected chi connectivity index (χ2v) is 5.32. The van der Waals surface area contributed by atoms with Crippen LogP contribution in [0.4, 0.5) is 4.39 Å². The number of nitrogens with zero attached hydrogens (tertiary/aromatic N) is 1. The van der Waals surface area contributed by atoms with Crippen molar-refractivity contribution in [3.05, 3.63) is 28.2 Å². The number of rotatable bonds is 2. The van der Waals surface area contributed by atoms with Crippen LogP contribution in [0.15, 0.2) is 16.7 Å². The van der Waals surface area contributed by atoms with Gasteiger partial charge >= 0.3 is 0 Å². The van der Waals surface area contributed by atoms with Crippen LogP contribution in [0.2, 0.25) is 0 Å². The lowest BCUT2D eigenvalue weighted by Gasteiger charge is -2.27. The van der Waals surface area contributed by atoms with Crippen LogP contribution in [-0.2, 0) is 6.42 Å². The number of nitrogens with one attached hydrogen (secondary N) is 1. The number of pyridine rings is 1. The molecule has 2 rings (SSSR count). The highest BCUT2D eigenvalue weighted by Gasteiger charge is 2.20. The molecule has 0 radical (unpaired) electrons. The molecule has 4 heteroatoms. The van der Waals surface area contributed by atoms with Crippen molar-refractivity contribution in [2.24, 2.45) is 5.92 Å². The predicted octanol–water partition coefficient (Wildman–Crippen LogP) is 2.91. The zero-order valence-corrected chi connectivity index (χ0v) is 10.9. The van der Waals surface area contributed by atoms with E-state index >= 15 is 0 Å². The van der Waals surface area contributed by atoms with Gasteiger partial charge in [0.15, 0.2) is 0 Å². The van der Waals surface area contributed by atoms with Crippen LogP contribution >= 0.6 is 15.9 Å².